The van der Waals surface area contributed by atoms with Gasteiger partial charge in [-0.2, -0.15) is 0 Å². The summed E-state index contributed by atoms with van der Waals surface area (Å²) in [7, 11) is 0. The molecule has 0 unspecified atom stereocenters. The van der Waals surface area contributed by atoms with E-state index in [9.17, 15) is 4.79 Å². The first-order valence-electron chi connectivity index (χ1n) is 8.83. The smallest absolute Gasteiger partial charge is 0.267 e. The summed E-state index contributed by atoms with van der Waals surface area (Å²) >= 11 is 2.80. The molecule has 1 N–H and O–H groups in total. The monoisotopic (exact) mass is 412 g/mol. The quantitative estimate of drug-likeness (QED) is 0.475. The Bertz CT molecular complexity index is 1170. The number of nitrogens with one attached hydrogen (secondary N) is 1. The largest absolute Gasteiger partial charge is 0.461 e. The highest BCUT2D eigenvalue weighted by molar-refractivity contribution is 7.21. The minimum Gasteiger partial charge on any atom is -0.461 e. The Morgan fingerprint density at radius 3 is 2.61 bits per heavy atom. The van der Waals surface area contributed by atoms with Crippen molar-refractivity contribution in [2.75, 3.05) is 5.32 Å². The number of amides is 1. The molecular formula is C20H20N4O2S2. The van der Waals surface area contributed by atoms with Crippen molar-refractivity contribution in [1.82, 2.24) is 15.0 Å². The number of hydrogen-bond donors (Lipinski definition) is 1. The van der Waals surface area contributed by atoms with Gasteiger partial charge in [0, 0.05) is 16.2 Å². The molecule has 0 radical (unpaired) electrons. The number of hydrogen-bond acceptors (Lipinski definition) is 7. The fourth-order valence-electron chi connectivity index (χ4n) is 2.90. The zero-order valence-electron chi connectivity index (χ0n) is 16.3. The second kappa shape index (κ2) is 6.79. The summed E-state index contributed by atoms with van der Waals surface area (Å²) in [5.74, 6) is 0.965. The Kier molecular flexibility index (Phi) is 4.55. The second-order valence-corrected chi connectivity index (χ2v) is 9.45. The minimum atomic E-state index is -0.172. The predicted molar refractivity (Wildman–Crippen MR) is 113 cm³/mol. The van der Waals surface area contributed by atoms with Crippen LogP contribution in [0.2, 0.25) is 0 Å². The number of furan rings is 1. The number of aromatic nitrogens is 3. The van der Waals surface area contributed by atoms with Crippen LogP contribution in [0.5, 0.6) is 0 Å². The van der Waals surface area contributed by atoms with Gasteiger partial charge in [-0.3, -0.25) is 10.1 Å². The van der Waals surface area contributed by atoms with Crippen molar-refractivity contribution in [2.24, 2.45) is 0 Å². The standard InChI is InChI=1S/C20H20N4O2S2/c1-10-14-11(2)21-16(12-7-6-8-26-12)23-18(14)28-15(10)17(25)24-19-22-13(9-27-19)20(3,4)5/h6-9H,1-5H3,(H,22,24,25). The lowest BCUT2D eigenvalue weighted by Gasteiger charge is -2.14. The number of aryl methyl sites for hydroxylation is 2. The Morgan fingerprint density at radius 2 is 1.96 bits per heavy atom. The average molecular weight is 413 g/mol. The predicted octanol–water partition coefficient (Wildman–Crippen LogP) is 5.57. The number of nitrogens with zero attached hydrogens (tertiary/aromatic N) is 3. The van der Waals surface area contributed by atoms with Crippen molar-refractivity contribution < 1.29 is 9.21 Å². The Morgan fingerprint density at radius 1 is 1.18 bits per heavy atom. The molecule has 0 aromatic carbocycles. The summed E-state index contributed by atoms with van der Waals surface area (Å²) in [6.45, 7) is 10.2. The summed E-state index contributed by atoms with van der Waals surface area (Å²) in [5.41, 5.74) is 2.62. The van der Waals surface area contributed by atoms with Crippen molar-refractivity contribution in [3.05, 3.63) is 45.6 Å². The van der Waals surface area contributed by atoms with Crippen molar-refractivity contribution in [1.29, 1.82) is 0 Å². The molecule has 4 heterocycles. The van der Waals surface area contributed by atoms with Gasteiger partial charge in [0.05, 0.1) is 22.5 Å². The molecule has 4 aromatic heterocycles. The van der Waals surface area contributed by atoms with Gasteiger partial charge in [0.2, 0.25) is 0 Å². The third kappa shape index (κ3) is 3.33. The van der Waals surface area contributed by atoms with E-state index in [0.717, 1.165) is 27.2 Å². The van der Waals surface area contributed by atoms with Crippen LogP contribution < -0.4 is 5.32 Å². The number of rotatable bonds is 3. The highest BCUT2D eigenvalue weighted by atomic mass is 32.1. The van der Waals surface area contributed by atoms with Crippen LogP contribution in [0.25, 0.3) is 21.8 Å². The van der Waals surface area contributed by atoms with E-state index >= 15 is 0 Å². The lowest BCUT2D eigenvalue weighted by atomic mass is 9.93. The van der Waals surface area contributed by atoms with Crippen molar-refractivity contribution in [2.45, 2.75) is 40.0 Å². The third-order valence-electron chi connectivity index (χ3n) is 4.41. The first-order chi connectivity index (χ1) is 13.2. The zero-order valence-corrected chi connectivity index (χ0v) is 17.9. The molecular weight excluding hydrogens is 392 g/mol. The van der Waals surface area contributed by atoms with Gasteiger partial charge in [-0.1, -0.05) is 20.8 Å². The topological polar surface area (TPSA) is 80.9 Å². The van der Waals surface area contributed by atoms with Crippen molar-refractivity contribution in [3.63, 3.8) is 0 Å². The summed E-state index contributed by atoms with van der Waals surface area (Å²) in [5, 5.41) is 6.43. The van der Waals surface area contributed by atoms with E-state index < -0.39 is 0 Å². The van der Waals surface area contributed by atoms with E-state index in [2.05, 4.69) is 41.0 Å². The van der Waals surface area contributed by atoms with E-state index in [1.807, 2.05) is 25.3 Å². The molecule has 0 saturated heterocycles. The fourth-order valence-corrected chi connectivity index (χ4v) is 4.96. The molecule has 8 heteroatoms. The molecule has 4 rings (SSSR count). The van der Waals surface area contributed by atoms with E-state index in [1.54, 1.807) is 12.3 Å². The SMILES string of the molecule is Cc1nc(-c2ccco2)nc2sc(C(=O)Nc3nc(C(C)(C)C)cs3)c(C)c12. The molecule has 0 spiro atoms. The molecule has 0 aliphatic heterocycles. The first kappa shape index (κ1) is 18.8. The third-order valence-corrected chi connectivity index (χ3v) is 6.35. The van der Waals surface area contributed by atoms with Gasteiger partial charge >= 0.3 is 0 Å². The van der Waals surface area contributed by atoms with Crippen LogP contribution in [-0.4, -0.2) is 20.9 Å². The van der Waals surface area contributed by atoms with Gasteiger partial charge in [0.15, 0.2) is 16.7 Å². The second-order valence-electron chi connectivity index (χ2n) is 7.59. The molecule has 1 amide bonds. The Hall–Kier alpha value is -2.58. The molecule has 0 aliphatic rings. The van der Waals surface area contributed by atoms with Gasteiger partial charge in [0.25, 0.3) is 5.91 Å². The highest BCUT2D eigenvalue weighted by Gasteiger charge is 2.22. The minimum absolute atomic E-state index is 0.0536. The van der Waals surface area contributed by atoms with Gasteiger partial charge in [-0.15, -0.1) is 22.7 Å². The molecule has 0 bridgehead atoms. The van der Waals surface area contributed by atoms with Crippen LogP contribution in [0.3, 0.4) is 0 Å². The maximum atomic E-state index is 12.9. The Labute approximate surface area is 170 Å². The summed E-state index contributed by atoms with van der Waals surface area (Å²) in [6, 6.07) is 3.63. The summed E-state index contributed by atoms with van der Waals surface area (Å²) in [4.78, 5) is 28.0. The number of carbonyl (C=O) groups is 1. The molecule has 6 nitrogen and oxygen atoms in total. The number of fused-ring (bicyclic) bond motifs is 1. The maximum Gasteiger partial charge on any atom is 0.267 e. The average Bonchev–Trinajstić information content (AvgIpc) is 3.33. The summed E-state index contributed by atoms with van der Waals surface area (Å²) < 4.78 is 5.41. The molecule has 0 fully saturated rings. The van der Waals surface area contributed by atoms with Crippen LogP contribution in [-0.2, 0) is 5.41 Å². The van der Waals surface area contributed by atoms with Gasteiger partial charge < -0.3 is 4.42 Å². The maximum absolute atomic E-state index is 12.9. The molecule has 4 aromatic rings. The summed E-state index contributed by atoms with van der Waals surface area (Å²) in [6.07, 6.45) is 1.59. The van der Waals surface area contributed by atoms with E-state index in [-0.39, 0.29) is 11.3 Å². The molecule has 0 atom stereocenters. The van der Waals surface area contributed by atoms with Gasteiger partial charge in [-0.25, -0.2) is 15.0 Å². The molecule has 28 heavy (non-hydrogen) atoms. The first-order valence-corrected chi connectivity index (χ1v) is 10.5. The molecule has 0 aliphatic carbocycles. The van der Waals surface area contributed by atoms with Crippen molar-refractivity contribution in [3.8, 4) is 11.6 Å². The lowest BCUT2D eigenvalue weighted by Crippen LogP contribution is -2.14. The Balaban J connectivity index is 1.68. The molecule has 144 valence electrons. The normalized spacial score (nSPS) is 11.9. The lowest BCUT2D eigenvalue weighted by molar-refractivity contribution is 0.103. The number of thiophene rings is 1. The van der Waals surface area contributed by atoms with Crippen LogP contribution >= 0.6 is 22.7 Å². The zero-order chi connectivity index (χ0) is 20.1. The van der Waals surface area contributed by atoms with Crippen molar-refractivity contribution >= 4 is 43.9 Å². The fraction of sp³-hybridized carbons (Fsp3) is 0.300. The number of carbonyl (C=O) groups excluding carboxylic acids is 1. The van der Waals surface area contributed by atoms with Gasteiger partial charge in [-0.05, 0) is 31.5 Å². The van der Waals surface area contributed by atoms with E-state index in [4.69, 9.17) is 4.42 Å². The highest BCUT2D eigenvalue weighted by Crippen LogP contribution is 2.34. The van der Waals surface area contributed by atoms with Crippen LogP contribution in [0.15, 0.2) is 28.2 Å². The van der Waals surface area contributed by atoms with E-state index in [0.29, 0.717) is 21.6 Å². The van der Waals surface area contributed by atoms with E-state index in [1.165, 1.54) is 22.7 Å². The molecule has 0 saturated carbocycles. The van der Waals surface area contributed by atoms with Gasteiger partial charge in [0.1, 0.15) is 4.83 Å². The van der Waals surface area contributed by atoms with Crippen LogP contribution in [0.1, 0.15) is 47.4 Å². The van der Waals surface area contributed by atoms with Crippen LogP contribution in [0, 0.1) is 13.8 Å². The van der Waals surface area contributed by atoms with Crippen LogP contribution in [0.4, 0.5) is 5.13 Å². The number of thiazole rings is 1. The number of anilines is 1.